The predicted octanol–water partition coefficient (Wildman–Crippen LogP) is 3.13. The quantitative estimate of drug-likeness (QED) is 0.392. The second kappa shape index (κ2) is 10.7. The Balaban J connectivity index is 2.35. The summed E-state index contributed by atoms with van der Waals surface area (Å²) in [5.74, 6) is -0.342. The van der Waals surface area contributed by atoms with E-state index in [0.29, 0.717) is 29.4 Å². The number of anilines is 1. The van der Waals surface area contributed by atoms with Crippen molar-refractivity contribution in [1.29, 1.82) is 0 Å². The smallest absolute Gasteiger partial charge is 0.308 e. The number of methoxy groups -OCH3 is 1. The Hall–Kier alpha value is -3.81. The zero-order chi connectivity index (χ0) is 22.1. The second-order valence-corrected chi connectivity index (χ2v) is 6.13. The van der Waals surface area contributed by atoms with Crippen molar-refractivity contribution < 1.29 is 28.6 Å². The average molecular weight is 412 g/mol. The average Bonchev–Trinajstić information content (AvgIpc) is 2.69. The molecule has 0 spiro atoms. The van der Waals surface area contributed by atoms with Crippen LogP contribution in [-0.2, 0) is 14.4 Å². The fourth-order valence-electron chi connectivity index (χ4n) is 2.57. The van der Waals surface area contributed by atoms with Crippen molar-refractivity contribution in [2.24, 2.45) is 0 Å². The number of hydrogen-bond acceptors (Lipinski definition) is 6. The zero-order valence-corrected chi connectivity index (χ0v) is 17.3. The minimum absolute atomic E-state index is 0.0242. The highest BCUT2D eigenvalue weighted by Gasteiger charge is 2.15. The van der Waals surface area contributed by atoms with E-state index in [1.165, 1.54) is 27.0 Å². The first-order valence-electron chi connectivity index (χ1n) is 9.23. The molecule has 0 saturated carbocycles. The summed E-state index contributed by atoms with van der Waals surface area (Å²) in [7, 11) is 1.43. The van der Waals surface area contributed by atoms with E-state index < -0.39 is 17.8 Å². The van der Waals surface area contributed by atoms with E-state index in [1.807, 2.05) is 6.92 Å². The van der Waals surface area contributed by atoms with Gasteiger partial charge >= 0.3 is 5.97 Å². The van der Waals surface area contributed by atoms with Crippen molar-refractivity contribution in [1.82, 2.24) is 5.32 Å². The number of para-hydroxylation sites is 2. The lowest BCUT2D eigenvalue weighted by molar-refractivity contribution is -0.132. The van der Waals surface area contributed by atoms with Crippen LogP contribution in [-0.4, -0.2) is 31.5 Å². The minimum atomic E-state index is -0.527. The van der Waals surface area contributed by atoms with Gasteiger partial charge in [0.1, 0.15) is 11.4 Å². The lowest BCUT2D eigenvalue weighted by Gasteiger charge is -2.14. The normalized spacial score (nSPS) is 10.7. The molecule has 0 aliphatic carbocycles. The molecule has 2 amide bonds. The Kier molecular flexibility index (Phi) is 7.99. The number of carbonyl (C=O) groups excluding carboxylic acids is 3. The van der Waals surface area contributed by atoms with Crippen LogP contribution in [0.3, 0.4) is 0 Å². The molecule has 0 unspecified atom stereocenters. The van der Waals surface area contributed by atoms with Crippen molar-refractivity contribution in [3.8, 4) is 17.2 Å². The van der Waals surface area contributed by atoms with E-state index in [4.69, 9.17) is 14.2 Å². The fourth-order valence-corrected chi connectivity index (χ4v) is 2.57. The molecule has 158 valence electrons. The number of esters is 1. The first kappa shape index (κ1) is 22.5. The fraction of sp³-hybridized carbons (Fsp3) is 0.227. The molecule has 2 N–H and O–H groups in total. The summed E-state index contributed by atoms with van der Waals surface area (Å²) in [6.45, 7) is 4.87. The van der Waals surface area contributed by atoms with Gasteiger partial charge in [0.2, 0.25) is 5.91 Å². The number of amides is 2. The highest BCUT2D eigenvalue weighted by atomic mass is 16.6. The van der Waals surface area contributed by atoms with Gasteiger partial charge in [-0.2, -0.15) is 0 Å². The third-order valence-electron chi connectivity index (χ3n) is 3.74. The molecular formula is C22H24N2O6. The number of nitrogens with one attached hydrogen (secondary N) is 2. The summed E-state index contributed by atoms with van der Waals surface area (Å²) in [6.07, 6.45) is 1.49. The Bertz CT molecular complexity index is 968. The van der Waals surface area contributed by atoms with Crippen molar-refractivity contribution in [2.45, 2.75) is 20.8 Å². The van der Waals surface area contributed by atoms with Crippen LogP contribution in [0, 0.1) is 0 Å². The Labute approximate surface area is 174 Å². The maximum atomic E-state index is 12.8. The van der Waals surface area contributed by atoms with Gasteiger partial charge in [0.05, 0.1) is 19.4 Å². The summed E-state index contributed by atoms with van der Waals surface area (Å²) in [5, 5.41) is 5.27. The van der Waals surface area contributed by atoms with Crippen LogP contribution >= 0.6 is 0 Å². The summed E-state index contributed by atoms with van der Waals surface area (Å²) in [4.78, 5) is 35.7. The molecule has 0 fully saturated rings. The first-order valence-corrected chi connectivity index (χ1v) is 9.23. The van der Waals surface area contributed by atoms with Gasteiger partial charge in [0, 0.05) is 13.8 Å². The van der Waals surface area contributed by atoms with Gasteiger partial charge in [-0.1, -0.05) is 18.2 Å². The van der Waals surface area contributed by atoms with E-state index >= 15 is 0 Å². The molecule has 2 rings (SSSR count). The molecule has 2 aromatic rings. The Morgan fingerprint density at radius 2 is 1.73 bits per heavy atom. The van der Waals surface area contributed by atoms with E-state index in [0.717, 1.165) is 0 Å². The molecule has 0 radical (unpaired) electrons. The topological polar surface area (TPSA) is 103 Å². The lowest BCUT2D eigenvalue weighted by atomic mass is 10.1. The van der Waals surface area contributed by atoms with Crippen LogP contribution < -0.4 is 24.8 Å². The van der Waals surface area contributed by atoms with Crippen LogP contribution in [0.4, 0.5) is 5.69 Å². The molecule has 30 heavy (non-hydrogen) atoms. The lowest BCUT2D eigenvalue weighted by Crippen LogP contribution is -2.29. The highest BCUT2D eigenvalue weighted by Crippen LogP contribution is 2.29. The molecule has 8 heteroatoms. The largest absolute Gasteiger partial charge is 0.493 e. The highest BCUT2D eigenvalue weighted by molar-refractivity contribution is 6.09. The monoisotopic (exact) mass is 412 g/mol. The molecule has 0 bridgehead atoms. The van der Waals surface area contributed by atoms with E-state index in [9.17, 15) is 14.4 Å². The van der Waals surface area contributed by atoms with Gasteiger partial charge < -0.3 is 24.8 Å². The van der Waals surface area contributed by atoms with Crippen LogP contribution in [0.5, 0.6) is 17.2 Å². The molecule has 0 atom stereocenters. The maximum absolute atomic E-state index is 12.8. The van der Waals surface area contributed by atoms with Crippen molar-refractivity contribution in [3.05, 3.63) is 53.7 Å². The van der Waals surface area contributed by atoms with Gasteiger partial charge in [-0.15, -0.1) is 0 Å². The van der Waals surface area contributed by atoms with Gasteiger partial charge in [0.25, 0.3) is 5.91 Å². The molecule has 2 aromatic carbocycles. The summed E-state index contributed by atoms with van der Waals surface area (Å²) in [6, 6.07) is 11.7. The third-order valence-corrected chi connectivity index (χ3v) is 3.74. The van der Waals surface area contributed by atoms with Crippen LogP contribution in [0.1, 0.15) is 26.3 Å². The van der Waals surface area contributed by atoms with Crippen LogP contribution in [0.25, 0.3) is 6.08 Å². The SMILES string of the molecule is CCOc1ccccc1NC(=O)/C(=C\c1ccc(OC(C)=O)c(OC)c1)NC(C)=O. The molecule has 0 aliphatic heterocycles. The molecule has 8 nitrogen and oxygen atoms in total. The van der Waals surface area contributed by atoms with Gasteiger partial charge in [-0.05, 0) is 42.8 Å². The van der Waals surface area contributed by atoms with Crippen LogP contribution in [0.2, 0.25) is 0 Å². The van der Waals surface area contributed by atoms with Crippen molar-refractivity contribution in [3.63, 3.8) is 0 Å². The van der Waals surface area contributed by atoms with E-state index in [1.54, 1.807) is 42.5 Å². The minimum Gasteiger partial charge on any atom is -0.493 e. The maximum Gasteiger partial charge on any atom is 0.308 e. The van der Waals surface area contributed by atoms with Gasteiger partial charge in [-0.25, -0.2) is 0 Å². The number of hydrogen-bond donors (Lipinski definition) is 2. The number of benzene rings is 2. The Morgan fingerprint density at radius 1 is 1.00 bits per heavy atom. The predicted molar refractivity (Wildman–Crippen MR) is 112 cm³/mol. The number of carbonyl (C=O) groups is 3. The molecule has 0 saturated heterocycles. The molecule has 0 heterocycles. The standard InChI is InChI=1S/C22H24N2O6/c1-5-29-19-9-7-6-8-17(19)24-22(27)18(23-14(2)25)12-16-10-11-20(30-15(3)26)21(13-16)28-4/h6-13H,5H2,1-4H3,(H,23,25)(H,24,27)/b18-12+. The van der Waals surface area contributed by atoms with Crippen LogP contribution in [0.15, 0.2) is 48.2 Å². The molecule has 0 aromatic heterocycles. The molecular weight excluding hydrogens is 388 g/mol. The third kappa shape index (κ3) is 6.37. The summed E-state index contributed by atoms with van der Waals surface area (Å²) in [5.41, 5.74) is 1.05. The zero-order valence-electron chi connectivity index (χ0n) is 17.3. The van der Waals surface area contributed by atoms with Crippen molar-refractivity contribution >= 4 is 29.5 Å². The van der Waals surface area contributed by atoms with Gasteiger partial charge in [-0.3, -0.25) is 14.4 Å². The van der Waals surface area contributed by atoms with Crippen molar-refractivity contribution in [2.75, 3.05) is 19.0 Å². The number of rotatable bonds is 8. The number of ether oxygens (including phenoxy) is 3. The summed E-state index contributed by atoms with van der Waals surface area (Å²) < 4.78 is 15.8. The summed E-state index contributed by atoms with van der Waals surface area (Å²) >= 11 is 0. The van der Waals surface area contributed by atoms with E-state index in [-0.39, 0.29) is 11.4 Å². The second-order valence-electron chi connectivity index (χ2n) is 6.13. The van der Waals surface area contributed by atoms with E-state index in [2.05, 4.69) is 10.6 Å². The molecule has 0 aliphatic rings. The first-order chi connectivity index (χ1) is 14.3. The Morgan fingerprint density at radius 3 is 2.37 bits per heavy atom. The van der Waals surface area contributed by atoms with Gasteiger partial charge in [0.15, 0.2) is 11.5 Å².